The average Bonchev–Trinajstić information content (AvgIpc) is 2.18. The fourth-order valence-corrected chi connectivity index (χ4v) is 1.11. The van der Waals surface area contributed by atoms with Crippen molar-refractivity contribution in [2.45, 2.75) is 6.92 Å². The first-order valence-electron chi connectivity index (χ1n) is 4.28. The van der Waals surface area contributed by atoms with Crippen LogP contribution in [0.5, 0.6) is 5.75 Å². The van der Waals surface area contributed by atoms with Crippen LogP contribution >= 0.6 is 0 Å². The smallest absolute Gasteiger partial charge is 0.126 e. The van der Waals surface area contributed by atoms with Gasteiger partial charge in [0.2, 0.25) is 0 Å². The van der Waals surface area contributed by atoms with Gasteiger partial charge in [0.25, 0.3) is 0 Å². The van der Waals surface area contributed by atoms with Crippen LogP contribution in [0.25, 0.3) is 6.08 Å². The van der Waals surface area contributed by atoms with Crippen LogP contribution in [0.4, 0.5) is 0 Å². The van der Waals surface area contributed by atoms with Crippen molar-refractivity contribution in [3.63, 3.8) is 0 Å². The third-order valence-corrected chi connectivity index (χ3v) is 1.86. The molecule has 0 aliphatic heterocycles. The Labute approximate surface area is 79.0 Å². The minimum atomic E-state index is 0.581. The van der Waals surface area contributed by atoms with Crippen molar-refractivity contribution in [1.29, 1.82) is 0 Å². The second-order valence-corrected chi connectivity index (χ2v) is 2.94. The lowest BCUT2D eigenvalue weighted by atomic mass is 10.1. The summed E-state index contributed by atoms with van der Waals surface area (Å²) in [5, 5.41) is 0. The molecule has 0 amide bonds. The second-order valence-electron chi connectivity index (χ2n) is 2.94. The zero-order valence-corrected chi connectivity index (χ0v) is 8.08. The molecule has 0 spiro atoms. The Morgan fingerprint density at radius 1 is 1.46 bits per heavy atom. The molecule has 0 bridgehead atoms. The summed E-state index contributed by atoms with van der Waals surface area (Å²) in [6.07, 6.45) is 2.04. The average molecular weight is 177 g/mol. The maximum Gasteiger partial charge on any atom is 0.126 e. The Morgan fingerprint density at radius 2 is 2.15 bits per heavy atom. The number of rotatable bonds is 3. The zero-order valence-electron chi connectivity index (χ0n) is 8.08. The largest absolute Gasteiger partial charge is 0.496 e. The van der Waals surface area contributed by atoms with Crippen LogP contribution in [0.15, 0.2) is 29.8 Å². The fraction of sp³-hybridized carbons (Fsp3) is 0.273. The van der Waals surface area contributed by atoms with E-state index in [1.54, 1.807) is 7.11 Å². The summed E-state index contributed by atoms with van der Waals surface area (Å²) in [7, 11) is 1.67. The van der Waals surface area contributed by atoms with E-state index in [1.165, 1.54) is 0 Å². The summed E-state index contributed by atoms with van der Waals surface area (Å²) in [5.74, 6) is 0.885. The molecule has 0 unspecified atom stereocenters. The molecular weight excluding hydrogens is 162 g/mol. The molecule has 2 N–H and O–H groups in total. The molecule has 70 valence electrons. The van der Waals surface area contributed by atoms with Gasteiger partial charge in [-0.05, 0) is 13.0 Å². The van der Waals surface area contributed by atoms with Crippen LogP contribution in [0.3, 0.4) is 0 Å². The van der Waals surface area contributed by atoms with Gasteiger partial charge in [0.15, 0.2) is 0 Å². The van der Waals surface area contributed by atoms with Crippen LogP contribution in [-0.4, -0.2) is 13.7 Å². The van der Waals surface area contributed by atoms with Gasteiger partial charge in [-0.3, -0.25) is 0 Å². The van der Waals surface area contributed by atoms with Crippen molar-refractivity contribution in [1.82, 2.24) is 0 Å². The predicted octanol–water partition coefficient (Wildman–Crippen LogP) is 2.06. The lowest BCUT2D eigenvalue weighted by Crippen LogP contribution is -1.99. The van der Waals surface area contributed by atoms with E-state index >= 15 is 0 Å². The third-order valence-electron chi connectivity index (χ3n) is 1.86. The van der Waals surface area contributed by atoms with Gasteiger partial charge >= 0.3 is 0 Å². The number of hydrogen-bond acceptors (Lipinski definition) is 2. The van der Waals surface area contributed by atoms with E-state index < -0.39 is 0 Å². The van der Waals surface area contributed by atoms with Gasteiger partial charge in [-0.15, -0.1) is 0 Å². The summed E-state index contributed by atoms with van der Waals surface area (Å²) >= 11 is 0. The maximum absolute atomic E-state index is 5.50. The van der Waals surface area contributed by atoms with E-state index in [1.807, 2.05) is 37.3 Å². The van der Waals surface area contributed by atoms with Gasteiger partial charge in [0.1, 0.15) is 5.75 Å². The molecule has 1 aromatic rings. The minimum Gasteiger partial charge on any atom is -0.496 e. The lowest BCUT2D eigenvalue weighted by Gasteiger charge is -2.04. The molecule has 0 aromatic heterocycles. The predicted molar refractivity (Wildman–Crippen MR) is 55.7 cm³/mol. The van der Waals surface area contributed by atoms with Gasteiger partial charge in [-0.25, -0.2) is 0 Å². The highest BCUT2D eigenvalue weighted by atomic mass is 16.5. The van der Waals surface area contributed by atoms with Crippen LogP contribution in [0, 0.1) is 0 Å². The van der Waals surface area contributed by atoms with Gasteiger partial charge in [0, 0.05) is 12.1 Å². The summed E-state index contributed by atoms with van der Waals surface area (Å²) < 4.78 is 5.21. The molecule has 0 radical (unpaired) electrons. The van der Waals surface area contributed by atoms with E-state index in [4.69, 9.17) is 10.5 Å². The van der Waals surface area contributed by atoms with Crippen molar-refractivity contribution in [3.8, 4) is 5.75 Å². The van der Waals surface area contributed by atoms with E-state index in [-0.39, 0.29) is 0 Å². The first-order chi connectivity index (χ1) is 6.27. The first-order valence-corrected chi connectivity index (χ1v) is 4.28. The Hall–Kier alpha value is -1.28. The standard InChI is InChI=1S/C11H15NO/c1-9(8-12)7-10-5-3-4-6-11(10)13-2/h3-7H,8,12H2,1-2H3. The minimum absolute atomic E-state index is 0.581. The first kappa shape index (κ1) is 9.81. The molecular formula is C11H15NO. The number of para-hydroxylation sites is 1. The van der Waals surface area contributed by atoms with Gasteiger partial charge in [0.05, 0.1) is 7.11 Å². The molecule has 0 fully saturated rings. The summed E-state index contributed by atoms with van der Waals surface area (Å²) in [6, 6.07) is 7.89. The van der Waals surface area contributed by atoms with E-state index in [0.29, 0.717) is 6.54 Å². The molecule has 0 saturated carbocycles. The van der Waals surface area contributed by atoms with Gasteiger partial charge < -0.3 is 10.5 Å². The zero-order chi connectivity index (χ0) is 9.68. The molecule has 13 heavy (non-hydrogen) atoms. The molecule has 2 nitrogen and oxygen atoms in total. The van der Waals surface area contributed by atoms with Crippen molar-refractivity contribution >= 4 is 6.08 Å². The SMILES string of the molecule is COc1ccccc1C=C(C)CN. The van der Waals surface area contributed by atoms with Crippen LogP contribution < -0.4 is 10.5 Å². The molecule has 2 heteroatoms. The van der Waals surface area contributed by atoms with Gasteiger partial charge in [-0.2, -0.15) is 0 Å². The molecule has 0 atom stereocenters. The lowest BCUT2D eigenvalue weighted by molar-refractivity contribution is 0.414. The molecule has 1 rings (SSSR count). The van der Waals surface area contributed by atoms with Crippen molar-refractivity contribution in [3.05, 3.63) is 35.4 Å². The summed E-state index contributed by atoms with van der Waals surface area (Å²) in [6.45, 7) is 2.59. The highest BCUT2D eigenvalue weighted by molar-refractivity contribution is 5.59. The highest BCUT2D eigenvalue weighted by Gasteiger charge is 1.97. The number of methoxy groups -OCH3 is 1. The second kappa shape index (κ2) is 4.67. The van der Waals surface area contributed by atoms with Gasteiger partial charge in [-0.1, -0.05) is 29.8 Å². The molecule has 1 aromatic carbocycles. The Kier molecular flexibility index (Phi) is 3.53. The Balaban J connectivity index is 2.99. The Bertz CT molecular complexity index is 305. The van der Waals surface area contributed by atoms with Crippen LogP contribution in [-0.2, 0) is 0 Å². The van der Waals surface area contributed by atoms with Crippen molar-refractivity contribution < 1.29 is 4.74 Å². The number of nitrogens with two attached hydrogens (primary N) is 1. The number of hydrogen-bond donors (Lipinski definition) is 1. The molecule has 0 heterocycles. The summed E-state index contributed by atoms with van der Waals surface area (Å²) in [4.78, 5) is 0. The van der Waals surface area contributed by atoms with Crippen LogP contribution in [0.1, 0.15) is 12.5 Å². The normalized spacial score (nSPS) is 11.5. The number of ether oxygens (including phenoxy) is 1. The van der Waals surface area contributed by atoms with Crippen molar-refractivity contribution in [2.24, 2.45) is 5.73 Å². The molecule has 0 aliphatic rings. The van der Waals surface area contributed by atoms with Crippen molar-refractivity contribution in [2.75, 3.05) is 13.7 Å². The maximum atomic E-state index is 5.50. The van der Waals surface area contributed by atoms with E-state index in [0.717, 1.165) is 16.9 Å². The summed E-state index contributed by atoms with van der Waals surface area (Å²) in [5.41, 5.74) is 7.72. The van der Waals surface area contributed by atoms with E-state index in [9.17, 15) is 0 Å². The van der Waals surface area contributed by atoms with Crippen LogP contribution in [0.2, 0.25) is 0 Å². The topological polar surface area (TPSA) is 35.2 Å². The molecule has 0 aliphatic carbocycles. The third kappa shape index (κ3) is 2.60. The fourth-order valence-electron chi connectivity index (χ4n) is 1.11. The quantitative estimate of drug-likeness (QED) is 0.767. The highest BCUT2D eigenvalue weighted by Crippen LogP contribution is 2.19. The Morgan fingerprint density at radius 3 is 2.77 bits per heavy atom. The van der Waals surface area contributed by atoms with E-state index in [2.05, 4.69) is 0 Å². The molecule has 0 saturated heterocycles. The monoisotopic (exact) mass is 177 g/mol. The number of benzene rings is 1.